The fourth-order valence-corrected chi connectivity index (χ4v) is 0. The van der Waals surface area contributed by atoms with E-state index in [0.717, 1.165) is 0 Å². The summed E-state index contributed by atoms with van der Waals surface area (Å²) in [7, 11) is 0. The van der Waals surface area contributed by atoms with Crippen molar-refractivity contribution >= 4 is 27.9 Å². The van der Waals surface area contributed by atoms with Crippen LogP contribution in [-0.4, -0.2) is 27.0 Å². The van der Waals surface area contributed by atoms with Gasteiger partial charge in [0.05, 0.1) is 0 Å². The van der Waals surface area contributed by atoms with Crippen LogP contribution in [0.2, 0.25) is 0 Å². The number of carboxylic acids is 2. The molecular formula is C6H11BrO4. The lowest BCUT2D eigenvalue weighted by Crippen LogP contribution is -2.06. The molecule has 2 N–H and O–H groups in total. The molecule has 11 heavy (non-hydrogen) atoms. The average Bonchev–Trinajstić information content (AvgIpc) is 1.89. The molecule has 0 spiro atoms. The number of hydrogen-bond donors (Lipinski definition) is 2. The summed E-state index contributed by atoms with van der Waals surface area (Å²) in [6.07, 6.45) is 0.222. The van der Waals surface area contributed by atoms with Crippen LogP contribution in [0.15, 0.2) is 0 Å². The first-order valence-corrected chi connectivity index (χ1v) is 3.92. The van der Waals surface area contributed by atoms with Gasteiger partial charge in [-0.25, -0.2) is 0 Å². The van der Waals surface area contributed by atoms with E-state index < -0.39 is 16.8 Å². The Morgan fingerprint density at radius 2 is 1.64 bits per heavy atom. The number of halogens is 1. The second-order valence-electron chi connectivity index (χ2n) is 1.70. The molecule has 0 aliphatic carbocycles. The number of carboxylic acid groups (broad SMARTS) is 2. The van der Waals surface area contributed by atoms with Crippen molar-refractivity contribution in [2.75, 3.05) is 0 Å². The van der Waals surface area contributed by atoms with E-state index in [1.165, 1.54) is 0 Å². The normalized spacial score (nSPS) is 10.8. The van der Waals surface area contributed by atoms with Crippen molar-refractivity contribution in [2.24, 2.45) is 0 Å². The Labute approximate surface area is 73.3 Å². The van der Waals surface area contributed by atoms with Gasteiger partial charge in [-0.15, -0.1) is 0 Å². The maximum absolute atomic E-state index is 9.65. The molecule has 66 valence electrons. The van der Waals surface area contributed by atoms with E-state index in [9.17, 15) is 9.59 Å². The van der Waals surface area contributed by atoms with Gasteiger partial charge in [0.15, 0.2) is 0 Å². The van der Waals surface area contributed by atoms with E-state index in [1.807, 2.05) is 0 Å². The maximum atomic E-state index is 9.65. The van der Waals surface area contributed by atoms with E-state index >= 15 is 0 Å². The highest BCUT2D eigenvalue weighted by Gasteiger charge is 2.01. The molecule has 0 aromatic rings. The summed E-state index contributed by atoms with van der Waals surface area (Å²) in [5, 5.41) is 15.7. The fourth-order valence-electron chi connectivity index (χ4n) is 0. The first-order chi connectivity index (χ1) is 4.91. The Morgan fingerprint density at radius 1 is 1.45 bits per heavy atom. The van der Waals surface area contributed by atoms with Crippen molar-refractivity contribution < 1.29 is 19.8 Å². The summed E-state index contributed by atoms with van der Waals surface area (Å²) in [6, 6.07) is 0. The zero-order chi connectivity index (χ0) is 9.44. The summed E-state index contributed by atoms with van der Waals surface area (Å²) >= 11 is 2.84. The van der Waals surface area contributed by atoms with Crippen molar-refractivity contribution in [2.45, 2.75) is 25.1 Å². The molecule has 0 aliphatic rings. The standard InChI is InChI=1S/C3H5BrO2.C3H6O2/c1-2(4)3(5)6;1-2-3(4)5/h2H,1H3,(H,5,6);2H2,1H3,(H,4,5). The zero-order valence-electron chi connectivity index (χ0n) is 6.37. The monoisotopic (exact) mass is 226 g/mol. The molecule has 0 amide bonds. The molecule has 0 heterocycles. The number of aliphatic carboxylic acids is 2. The van der Waals surface area contributed by atoms with Crippen LogP contribution in [0.25, 0.3) is 0 Å². The minimum atomic E-state index is -0.824. The van der Waals surface area contributed by atoms with Crippen LogP contribution in [0.1, 0.15) is 20.3 Å². The van der Waals surface area contributed by atoms with Crippen LogP contribution < -0.4 is 0 Å². The van der Waals surface area contributed by atoms with Gasteiger partial charge in [-0.3, -0.25) is 9.59 Å². The molecule has 0 rings (SSSR count). The lowest BCUT2D eigenvalue weighted by atomic mass is 10.5. The second-order valence-corrected chi connectivity index (χ2v) is 3.08. The molecule has 0 bridgehead atoms. The highest BCUT2D eigenvalue weighted by molar-refractivity contribution is 9.10. The van der Waals surface area contributed by atoms with Crippen LogP contribution in [0.4, 0.5) is 0 Å². The molecule has 1 atom stereocenters. The molecule has 0 fully saturated rings. The van der Waals surface area contributed by atoms with E-state index in [2.05, 4.69) is 15.9 Å². The predicted octanol–water partition coefficient (Wildman–Crippen LogP) is 1.34. The molecule has 0 aromatic heterocycles. The summed E-state index contributed by atoms with van der Waals surface area (Å²) in [6.45, 7) is 3.16. The molecule has 4 nitrogen and oxygen atoms in total. The molecule has 0 radical (unpaired) electrons. The summed E-state index contributed by atoms with van der Waals surface area (Å²) in [5.41, 5.74) is 0. The van der Waals surface area contributed by atoms with E-state index in [0.29, 0.717) is 0 Å². The molecule has 0 saturated heterocycles. The number of hydrogen-bond acceptors (Lipinski definition) is 2. The second kappa shape index (κ2) is 7.53. The minimum Gasteiger partial charge on any atom is -0.481 e. The van der Waals surface area contributed by atoms with Crippen molar-refractivity contribution in [1.29, 1.82) is 0 Å². The smallest absolute Gasteiger partial charge is 0.316 e. The van der Waals surface area contributed by atoms with Crippen molar-refractivity contribution in [1.82, 2.24) is 0 Å². The Bertz CT molecular complexity index is 133. The first kappa shape index (κ1) is 13.0. The Kier molecular flexibility index (Phi) is 8.92. The molecule has 1 unspecified atom stereocenters. The van der Waals surface area contributed by atoms with Crippen LogP contribution >= 0.6 is 15.9 Å². The van der Waals surface area contributed by atoms with Gasteiger partial charge >= 0.3 is 11.9 Å². The van der Waals surface area contributed by atoms with Gasteiger partial charge in [0.2, 0.25) is 0 Å². The van der Waals surface area contributed by atoms with Gasteiger partial charge in [-0.2, -0.15) is 0 Å². The third-order valence-corrected chi connectivity index (χ3v) is 1.03. The van der Waals surface area contributed by atoms with Gasteiger partial charge in [0.25, 0.3) is 0 Å². The summed E-state index contributed by atoms with van der Waals surface area (Å²) in [4.78, 5) is 18.6. The van der Waals surface area contributed by atoms with Gasteiger partial charge in [0, 0.05) is 6.42 Å². The SMILES string of the molecule is CC(Br)C(=O)O.CCC(=O)O. The fraction of sp³-hybridized carbons (Fsp3) is 0.667. The number of carbonyl (C=O) groups is 2. The number of alkyl halides is 1. The van der Waals surface area contributed by atoms with Crippen molar-refractivity contribution in [3.63, 3.8) is 0 Å². The highest BCUT2D eigenvalue weighted by Crippen LogP contribution is 1.93. The number of rotatable bonds is 2. The minimum absolute atomic E-state index is 0.222. The van der Waals surface area contributed by atoms with Crippen molar-refractivity contribution in [3.05, 3.63) is 0 Å². The van der Waals surface area contributed by atoms with Crippen LogP contribution in [0.3, 0.4) is 0 Å². The third-order valence-electron chi connectivity index (χ3n) is 0.643. The largest absolute Gasteiger partial charge is 0.481 e. The Balaban J connectivity index is 0. The van der Waals surface area contributed by atoms with E-state index in [1.54, 1.807) is 13.8 Å². The molecule has 0 saturated carbocycles. The average molecular weight is 227 g/mol. The van der Waals surface area contributed by atoms with Gasteiger partial charge < -0.3 is 10.2 Å². The molecule has 0 aliphatic heterocycles. The zero-order valence-corrected chi connectivity index (χ0v) is 7.96. The lowest BCUT2D eigenvalue weighted by Gasteiger charge is -1.87. The lowest BCUT2D eigenvalue weighted by molar-refractivity contribution is -0.137. The molecule has 0 aromatic carbocycles. The van der Waals surface area contributed by atoms with Crippen LogP contribution in [-0.2, 0) is 9.59 Å². The van der Waals surface area contributed by atoms with E-state index in [-0.39, 0.29) is 6.42 Å². The Hall–Kier alpha value is -0.580. The third kappa shape index (κ3) is 17.7. The van der Waals surface area contributed by atoms with Gasteiger partial charge in [-0.1, -0.05) is 22.9 Å². The summed E-state index contributed by atoms with van der Waals surface area (Å²) in [5.74, 6) is -1.57. The predicted molar refractivity (Wildman–Crippen MR) is 44.0 cm³/mol. The van der Waals surface area contributed by atoms with Crippen LogP contribution in [0.5, 0.6) is 0 Å². The van der Waals surface area contributed by atoms with E-state index in [4.69, 9.17) is 10.2 Å². The topological polar surface area (TPSA) is 74.6 Å². The van der Waals surface area contributed by atoms with Crippen molar-refractivity contribution in [3.8, 4) is 0 Å². The van der Waals surface area contributed by atoms with Crippen LogP contribution in [0, 0.1) is 0 Å². The molecule has 5 heteroatoms. The van der Waals surface area contributed by atoms with Gasteiger partial charge in [-0.05, 0) is 6.92 Å². The summed E-state index contributed by atoms with van der Waals surface area (Å²) < 4.78 is 0. The Morgan fingerprint density at radius 3 is 1.64 bits per heavy atom. The molecular weight excluding hydrogens is 216 g/mol. The highest BCUT2D eigenvalue weighted by atomic mass is 79.9. The first-order valence-electron chi connectivity index (χ1n) is 3.00. The maximum Gasteiger partial charge on any atom is 0.316 e. The van der Waals surface area contributed by atoms with Gasteiger partial charge in [0.1, 0.15) is 4.83 Å². The quantitative estimate of drug-likeness (QED) is 0.698.